The van der Waals surface area contributed by atoms with E-state index in [9.17, 15) is 30.4 Å². The molecule has 5 rings (SSSR count). The van der Waals surface area contributed by atoms with Crippen molar-refractivity contribution in [1.29, 1.82) is 0 Å². The number of fused-ring (bicyclic) bond motifs is 1. The van der Waals surface area contributed by atoms with Gasteiger partial charge in [-0.25, -0.2) is 22.2 Å². The van der Waals surface area contributed by atoms with Crippen molar-refractivity contribution in [2.75, 3.05) is 11.3 Å². The van der Waals surface area contributed by atoms with Crippen molar-refractivity contribution in [3.05, 3.63) is 64.5 Å². The van der Waals surface area contributed by atoms with Gasteiger partial charge >= 0.3 is 6.18 Å². The summed E-state index contributed by atoms with van der Waals surface area (Å²) in [6.45, 7) is 10.2. The van der Waals surface area contributed by atoms with E-state index in [-0.39, 0.29) is 47.4 Å². The molecule has 0 saturated heterocycles. The van der Waals surface area contributed by atoms with Crippen LogP contribution >= 0.6 is 0 Å². The van der Waals surface area contributed by atoms with E-state index in [0.717, 1.165) is 30.4 Å². The SMILES string of the molecule is Cc1c(NS(=O)(=O)c2ccc3c(c2)CC([C@H](C)c2ccc(OCC4CC(F)(F)C4)nc2)CC3)noc1C(C)(C)C.O=C([O-])C(F)(F)F. The number of anilines is 1. The summed E-state index contributed by atoms with van der Waals surface area (Å²) in [5.74, 6) is -3.87. The number of halogens is 5. The zero-order valence-corrected chi connectivity index (χ0v) is 27.4. The minimum atomic E-state index is -5.19. The fourth-order valence-electron chi connectivity index (χ4n) is 5.80. The molecule has 0 aliphatic heterocycles. The number of carboxylic acid groups (broad SMARTS) is 1. The first-order chi connectivity index (χ1) is 21.7. The third kappa shape index (κ3) is 8.99. The number of hydrogen-bond acceptors (Lipinski definition) is 8. The Morgan fingerprint density at radius 3 is 2.34 bits per heavy atom. The molecule has 3 aromatic rings. The zero-order chi connectivity index (χ0) is 34.9. The van der Waals surface area contributed by atoms with E-state index in [1.54, 1.807) is 31.3 Å². The molecule has 2 aromatic heterocycles. The summed E-state index contributed by atoms with van der Waals surface area (Å²) in [6, 6.07) is 9.11. The van der Waals surface area contributed by atoms with Crippen LogP contribution in [0.2, 0.25) is 0 Å². The lowest BCUT2D eigenvalue weighted by molar-refractivity contribution is -0.344. The third-order valence-corrected chi connectivity index (χ3v) is 9.79. The smallest absolute Gasteiger partial charge is 0.430 e. The van der Waals surface area contributed by atoms with Gasteiger partial charge in [0, 0.05) is 42.0 Å². The number of ether oxygens (including phenoxy) is 1. The van der Waals surface area contributed by atoms with Crippen LogP contribution in [0.3, 0.4) is 0 Å². The molecule has 0 radical (unpaired) electrons. The number of pyridine rings is 1. The van der Waals surface area contributed by atoms with Crippen LogP contribution in [-0.2, 0) is 33.1 Å². The fraction of sp³-hybridized carbons (Fsp3) is 0.531. The van der Waals surface area contributed by atoms with E-state index in [2.05, 4.69) is 21.8 Å². The second kappa shape index (κ2) is 13.4. The first-order valence-corrected chi connectivity index (χ1v) is 16.5. The van der Waals surface area contributed by atoms with Crippen LogP contribution in [0.1, 0.15) is 80.9 Å². The first kappa shape index (κ1) is 36.1. The molecule has 2 heterocycles. The second-order valence-electron chi connectivity index (χ2n) is 13.2. The number of carbonyl (C=O) groups is 1. The van der Waals surface area contributed by atoms with Gasteiger partial charge in [-0.2, -0.15) is 13.2 Å². The Bertz CT molecular complexity index is 1680. The van der Waals surface area contributed by atoms with Crippen molar-refractivity contribution in [3.63, 3.8) is 0 Å². The molecule has 1 unspecified atom stereocenters. The summed E-state index contributed by atoms with van der Waals surface area (Å²) in [7, 11) is -3.85. The highest BCUT2D eigenvalue weighted by Gasteiger charge is 2.45. The van der Waals surface area contributed by atoms with Crippen LogP contribution in [0.25, 0.3) is 0 Å². The van der Waals surface area contributed by atoms with Crippen LogP contribution in [0.15, 0.2) is 45.9 Å². The number of aromatic nitrogens is 2. The molecule has 0 spiro atoms. The number of aryl methyl sites for hydroxylation is 1. The van der Waals surface area contributed by atoms with Gasteiger partial charge < -0.3 is 19.2 Å². The van der Waals surface area contributed by atoms with Gasteiger partial charge in [0.1, 0.15) is 11.7 Å². The fourth-order valence-corrected chi connectivity index (χ4v) is 6.90. The summed E-state index contributed by atoms with van der Waals surface area (Å²) >= 11 is 0. The molecule has 15 heteroatoms. The number of nitrogens with zero attached hydrogens (tertiary/aromatic N) is 2. The molecular weight excluding hydrogens is 649 g/mol. The van der Waals surface area contributed by atoms with Crippen molar-refractivity contribution in [1.82, 2.24) is 10.1 Å². The number of aliphatic carboxylic acids is 1. The number of sulfonamides is 1. The van der Waals surface area contributed by atoms with Gasteiger partial charge in [-0.3, -0.25) is 4.72 Å². The molecule has 1 fully saturated rings. The maximum Gasteiger partial charge on any atom is 0.430 e. The Morgan fingerprint density at radius 2 is 1.81 bits per heavy atom. The van der Waals surface area contributed by atoms with Gasteiger partial charge in [-0.1, -0.05) is 45.0 Å². The molecular formula is C32H37F5N3O6S-. The van der Waals surface area contributed by atoms with Crippen LogP contribution in [0, 0.1) is 18.8 Å². The lowest BCUT2D eigenvalue weighted by atomic mass is 9.75. The van der Waals surface area contributed by atoms with Crippen molar-refractivity contribution < 1.29 is 49.5 Å². The largest absolute Gasteiger partial charge is 0.542 e. The average molecular weight is 687 g/mol. The number of hydrogen-bond donors (Lipinski definition) is 1. The van der Waals surface area contributed by atoms with E-state index >= 15 is 0 Å². The quantitative estimate of drug-likeness (QED) is 0.281. The van der Waals surface area contributed by atoms with E-state index < -0.39 is 28.1 Å². The number of rotatable bonds is 8. The second-order valence-corrected chi connectivity index (χ2v) is 14.9. The van der Waals surface area contributed by atoms with E-state index in [1.165, 1.54) is 5.56 Å². The molecule has 2 aliphatic carbocycles. The maximum atomic E-state index is 13.3. The molecule has 0 amide bonds. The number of carbonyl (C=O) groups excluding carboxylic acids is 1. The molecule has 0 bridgehead atoms. The molecule has 1 saturated carbocycles. The normalized spacial score (nSPS) is 18.6. The molecule has 47 heavy (non-hydrogen) atoms. The van der Waals surface area contributed by atoms with Crippen molar-refractivity contribution >= 4 is 21.8 Å². The number of benzene rings is 1. The monoisotopic (exact) mass is 686 g/mol. The predicted molar refractivity (Wildman–Crippen MR) is 160 cm³/mol. The molecule has 2 aliphatic rings. The summed E-state index contributed by atoms with van der Waals surface area (Å²) in [5.41, 5.74) is 3.65. The Hall–Kier alpha value is -3.75. The molecule has 258 valence electrons. The summed E-state index contributed by atoms with van der Waals surface area (Å²) in [5, 5.41) is 12.8. The number of nitrogens with one attached hydrogen (secondary N) is 1. The summed E-state index contributed by atoms with van der Waals surface area (Å²) in [4.78, 5) is 13.4. The Balaban J connectivity index is 0.000000644. The lowest BCUT2D eigenvalue weighted by Crippen LogP contribution is -2.38. The van der Waals surface area contributed by atoms with E-state index in [4.69, 9.17) is 19.2 Å². The predicted octanol–water partition coefficient (Wildman–Crippen LogP) is 6.11. The van der Waals surface area contributed by atoms with E-state index in [0.29, 0.717) is 23.1 Å². The van der Waals surface area contributed by atoms with Gasteiger partial charge in [0.15, 0.2) is 5.82 Å². The minimum Gasteiger partial charge on any atom is -0.542 e. The molecule has 9 nitrogen and oxygen atoms in total. The molecule has 1 N–H and O–H groups in total. The highest BCUT2D eigenvalue weighted by atomic mass is 32.2. The maximum absolute atomic E-state index is 13.3. The third-order valence-electron chi connectivity index (χ3n) is 8.46. The highest BCUT2D eigenvalue weighted by molar-refractivity contribution is 7.92. The topological polar surface area (TPSA) is 134 Å². The highest BCUT2D eigenvalue weighted by Crippen LogP contribution is 2.42. The minimum absolute atomic E-state index is 0.123. The Kier molecular flexibility index (Phi) is 10.3. The van der Waals surface area contributed by atoms with Gasteiger partial charge in [0.25, 0.3) is 10.0 Å². The van der Waals surface area contributed by atoms with Gasteiger partial charge in [-0.05, 0) is 66.8 Å². The van der Waals surface area contributed by atoms with Crippen LogP contribution in [0.5, 0.6) is 5.88 Å². The molecule has 2 atom stereocenters. The van der Waals surface area contributed by atoms with E-state index in [1.807, 2.05) is 32.9 Å². The van der Waals surface area contributed by atoms with Crippen molar-refractivity contribution in [2.45, 2.75) is 95.1 Å². The Labute approximate surface area is 270 Å². The summed E-state index contributed by atoms with van der Waals surface area (Å²) < 4.78 is 97.8. The Morgan fingerprint density at radius 1 is 1.15 bits per heavy atom. The van der Waals surface area contributed by atoms with Gasteiger partial charge in [-0.15, -0.1) is 0 Å². The average Bonchev–Trinajstić information content (AvgIpc) is 3.33. The van der Waals surface area contributed by atoms with Gasteiger partial charge in [0.2, 0.25) is 11.8 Å². The number of carboxylic acids is 1. The first-order valence-electron chi connectivity index (χ1n) is 15.0. The zero-order valence-electron chi connectivity index (χ0n) is 26.6. The standard InChI is InChI=1S/C30H37F2N3O4S.C2HF3O2/c1-18(23-9-11-26(33-16-23)38-17-20-14-30(31,32)15-20)22-7-6-21-8-10-25(13-24(21)12-22)40(36,37)35-28-19(2)27(39-34-28)29(3,4)5;3-2(4,5)1(6)7/h8-11,13,16,18,20,22H,6-7,12,14-15,17H2,1-5H3,(H,34,35);(H,6,7)/p-1/t18-,22?;/m0./s1. The number of alkyl halides is 5. The van der Waals surface area contributed by atoms with Crippen LogP contribution in [-0.4, -0.2) is 43.2 Å². The lowest BCUT2D eigenvalue weighted by Gasteiger charge is -2.34. The molecule has 1 aromatic carbocycles. The van der Waals surface area contributed by atoms with Crippen molar-refractivity contribution in [3.8, 4) is 5.88 Å². The van der Waals surface area contributed by atoms with Gasteiger partial charge in [0.05, 0.1) is 11.5 Å². The van der Waals surface area contributed by atoms with Crippen LogP contribution in [0.4, 0.5) is 27.8 Å². The summed E-state index contributed by atoms with van der Waals surface area (Å²) in [6.07, 6.45) is -1.03. The van der Waals surface area contributed by atoms with Crippen LogP contribution < -0.4 is 14.6 Å². The van der Waals surface area contributed by atoms with Crippen molar-refractivity contribution in [2.24, 2.45) is 11.8 Å².